The fourth-order valence-electron chi connectivity index (χ4n) is 1.60. The minimum Gasteiger partial charge on any atom is -0.391 e. The second-order valence-electron chi connectivity index (χ2n) is 4.45. The molecule has 2 aromatic rings. The summed E-state index contributed by atoms with van der Waals surface area (Å²) in [6.45, 7) is 0. The molecule has 9 nitrogen and oxygen atoms in total. The van der Waals surface area contributed by atoms with E-state index in [0.717, 1.165) is 4.47 Å². The number of carbonyl (C=O) groups is 3. The van der Waals surface area contributed by atoms with Gasteiger partial charge >= 0.3 is 6.09 Å². The van der Waals surface area contributed by atoms with E-state index in [-0.39, 0.29) is 17.9 Å². The third-order valence-electron chi connectivity index (χ3n) is 2.65. The highest BCUT2D eigenvalue weighted by atomic mass is 79.9. The van der Waals surface area contributed by atoms with Crippen molar-refractivity contribution in [2.45, 2.75) is 6.42 Å². The molecular formula is C14H12BrN5O4. The normalized spacial score (nSPS) is 9.88. The van der Waals surface area contributed by atoms with Crippen LogP contribution >= 0.6 is 15.9 Å². The maximum absolute atomic E-state index is 11.9. The molecule has 24 heavy (non-hydrogen) atoms. The van der Waals surface area contributed by atoms with Gasteiger partial charge in [0.1, 0.15) is 0 Å². The van der Waals surface area contributed by atoms with Gasteiger partial charge in [-0.3, -0.25) is 25.4 Å². The number of carbonyl (C=O) groups excluding carboxylic acids is 3. The predicted molar refractivity (Wildman–Crippen MR) is 85.7 cm³/mol. The number of aromatic nitrogens is 2. The number of nitrogens with one attached hydrogen (secondary N) is 2. The van der Waals surface area contributed by atoms with Crippen LogP contribution in [0.4, 0.5) is 4.79 Å². The zero-order valence-electron chi connectivity index (χ0n) is 12.2. The Bertz CT molecular complexity index is 749. The Morgan fingerprint density at radius 2 is 1.88 bits per heavy atom. The van der Waals surface area contributed by atoms with Crippen molar-refractivity contribution >= 4 is 33.8 Å². The molecule has 0 unspecified atom stereocenters. The summed E-state index contributed by atoms with van der Waals surface area (Å²) < 4.78 is 5.34. The molecule has 124 valence electrons. The zero-order valence-corrected chi connectivity index (χ0v) is 13.7. The van der Waals surface area contributed by atoms with Crippen LogP contribution in [0, 0.1) is 0 Å². The van der Waals surface area contributed by atoms with E-state index in [1.165, 1.54) is 18.3 Å². The molecule has 10 heteroatoms. The molecule has 0 aliphatic carbocycles. The number of hydrogen-bond donors (Lipinski definition) is 3. The highest BCUT2D eigenvalue weighted by Gasteiger charge is 2.10. The smallest absolute Gasteiger partial charge is 0.391 e. The summed E-state index contributed by atoms with van der Waals surface area (Å²) in [6.07, 6.45) is 1.75. The lowest BCUT2D eigenvalue weighted by Gasteiger charge is -2.07. The zero-order chi connectivity index (χ0) is 17.5. The lowest BCUT2D eigenvalue weighted by Crippen LogP contribution is -2.42. The Morgan fingerprint density at radius 3 is 2.46 bits per heavy atom. The van der Waals surface area contributed by atoms with Crippen LogP contribution in [0.15, 0.2) is 41.1 Å². The van der Waals surface area contributed by atoms with E-state index in [2.05, 4.69) is 41.5 Å². The van der Waals surface area contributed by atoms with E-state index in [1.54, 1.807) is 18.3 Å². The van der Waals surface area contributed by atoms with Crippen molar-refractivity contribution in [3.63, 3.8) is 0 Å². The van der Waals surface area contributed by atoms with Crippen LogP contribution in [-0.4, -0.2) is 27.9 Å². The Morgan fingerprint density at radius 1 is 1.08 bits per heavy atom. The lowest BCUT2D eigenvalue weighted by atomic mass is 10.2. The Kier molecular flexibility index (Phi) is 5.79. The van der Waals surface area contributed by atoms with Crippen molar-refractivity contribution in [2.24, 2.45) is 5.73 Å². The maximum atomic E-state index is 11.9. The summed E-state index contributed by atoms with van der Waals surface area (Å²) in [4.78, 5) is 41.9. The number of nitrogens with zero attached hydrogens (tertiary/aromatic N) is 2. The fourth-order valence-corrected chi connectivity index (χ4v) is 1.83. The second-order valence-corrected chi connectivity index (χ2v) is 5.37. The number of hydrazine groups is 1. The minimum atomic E-state index is -1.01. The van der Waals surface area contributed by atoms with E-state index in [0.29, 0.717) is 5.69 Å². The molecule has 2 heterocycles. The van der Waals surface area contributed by atoms with Gasteiger partial charge in [0.2, 0.25) is 11.8 Å². The molecule has 2 rings (SSSR count). The molecule has 0 spiro atoms. The fraction of sp³-hybridized carbons (Fsp3) is 0.0714. The number of hydrogen-bond acceptors (Lipinski definition) is 6. The van der Waals surface area contributed by atoms with E-state index < -0.39 is 17.9 Å². The van der Waals surface area contributed by atoms with E-state index >= 15 is 0 Å². The number of pyridine rings is 2. The van der Waals surface area contributed by atoms with Gasteiger partial charge in [-0.25, -0.2) is 9.78 Å². The third-order valence-corrected chi connectivity index (χ3v) is 3.12. The Hall–Kier alpha value is -3.01. The molecule has 0 aliphatic rings. The van der Waals surface area contributed by atoms with Crippen LogP contribution in [0.5, 0.6) is 5.88 Å². The van der Waals surface area contributed by atoms with Gasteiger partial charge in [-0.2, -0.15) is 0 Å². The number of amides is 3. The summed E-state index contributed by atoms with van der Waals surface area (Å²) in [7, 11) is 0. The van der Waals surface area contributed by atoms with Crippen LogP contribution < -0.4 is 21.3 Å². The van der Waals surface area contributed by atoms with Crippen molar-refractivity contribution in [2.75, 3.05) is 0 Å². The average Bonchev–Trinajstić information content (AvgIpc) is 2.55. The summed E-state index contributed by atoms with van der Waals surface area (Å²) in [5, 5.41) is 0. The SMILES string of the molecule is NC(=O)Oc1ccc(C(=O)NNC(=O)Cc2ccc(Br)cn2)cn1. The molecule has 2 aromatic heterocycles. The van der Waals surface area contributed by atoms with Crippen LogP contribution in [0.1, 0.15) is 16.1 Å². The summed E-state index contributed by atoms with van der Waals surface area (Å²) in [5.74, 6) is -1.05. The molecule has 0 bridgehead atoms. The number of halogens is 1. The second kappa shape index (κ2) is 8.02. The minimum absolute atomic E-state index is 0.0111. The van der Waals surface area contributed by atoms with Gasteiger partial charge in [0.05, 0.1) is 12.0 Å². The monoisotopic (exact) mass is 393 g/mol. The quantitative estimate of drug-likeness (QED) is 0.653. The summed E-state index contributed by atoms with van der Waals surface area (Å²) in [5.41, 5.74) is 10.1. The Balaban J connectivity index is 1.84. The maximum Gasteiger partial charge on any atom is 0.411 e. The molecule has 0 saturated carbocycles. The number of ether oxygens (including phenoxy) is 1. The third kappa shape index (κ3) is 5.32. The van der Waals surface area contributed by atoms with Gasteiger partial charge in [0, 0.05) is 28.6 Å². The highest BCUT2D eigenvalue weighted by molar-refractivity contribution is 9.10. The molecule has 0 saturated heterocycles. The molecule has 0 fully saturated rings. The molecule has 0 aromatic carbocycles. The van der Waals surface area contributed by atoms with Crippen LogP contribution in [-0.2, 0) is 11.2 Å². The topological polar surface area (TPSA) is 136 Å². The van der Waals surface area contributed by atoms with Crippen LogP contribution in [0.3, 0.4) is 0 Å². The predicted octanol–water partition coefficient (Wildman–Crippen LogP) is 0.700. The number of nitrogens with two attached hydrogens (primary N) is 1. The van der Waals surface area contributed by atoms with E-state index in [1.807, 2.05) is 0 Å². The first-order chi connectivity index (χ1) is 11.4. The standard InChI is InChI=1S/C14H12BrN5O4/c15-9-2-3-10(17-7-9)5-11(21)19-20-13(22)8-1-4-12(18-6-8)24-14(16)23/h1-4,6-7H,5H2,(H2,16,23)(H,19,21)(H,20,22). The van der Waals surface area contributed by atoms with E-state index in [9.17, 15) is 14.4 Å². The molecule has 3 amide bonds. The largest absolute Gasteiger partial charge is 0.411 e. The molecule has 0 atom stereocenters. The first-order valence-electron chi connectivity index (χ1n) is 6.57. The first kappa shape index (κ1) is 17.3. The lowest BCUT2D eigenvalue weighted by molar-refractivity contribution is -0.121. The van der Waals surface area contributed by atoms with Gasteiger partial charge in [0.15, 0.2) is 0 Å². The van der Waals surface area contributed by atoms with Crippen LogP contribution in [0.25, 0.3) is 0 Å². The highest BCUT2D eigenvalue weighted by Crippen LogP contribution is 2.08. The Labute approximate surface area is 144 Å². The van der Waals surface area contributed by atoms with Gasteiger partial charge in [-0.1, -0.05) is 0 Å². The molecule has 4 N–H and O–H groups in total. The molecule has 0 radical (unpaired) electrons. The van der Waals surface area contributed by atoms with Gasteiger partial charge in [-0.15, -0.1) is 0 Å². The van der Waals surface area contributed by atoms with Gasteiger partial charge in [0.25, 0.3) is 5.91 Å². The van der Waals surface area contributed by atoms with Crippen molar-refractivity contribution in [3.05, 3.63) is 52.4 Å². The van der Waals surface area contributed by atoms with Crippen molar-refractivity contribution < 1.29 is 19.1 Å². The first-order valence-corrected chi connectivity index (χ1v) is 7.36. The van der Waals surface area contributed by atoms with E-state index in [4.69, 9.17) is 5.73 Å². The van der Waals surface area contributed by atoms with Crippen molar-refractivity contribution in [1.82, 2.24) is 20.8 Å². The summed E-state index contributed by atoms with van der Waals surface area (Å²) >= 11 is 3.24. The van der Waals surface area contributed by atoms with Crippen molar-refractivity contribution in [3.8, 4) is 5.88 Å². The van der Waals surface area contributed by atoms with Gasteiger partial charge in [-0.05, 0) is 34.1 Å². The number of primary amides is 1. The molecule has 0 aliphatic heterocycles. The molecular weight excluding hydrogens is 382 g/mol. The van der Waals surface area contributed by atoms with Crippen LogP contribution in [0.2, 0.25) is 0 Å². The summed E-state index contributed by atoms with van der Waals surface area (Å²) in [6, 6.07) is 6.11. The average molecular weight is 394 g/mol. The van der Waals surface area contributed by atoms with Gasteiger partial charge < -0.3 is 10.5 Å². The van der Waals surface area contributed by atoms with Crippen molar-refractivity contribution in [1.29, 1.82) is 0 Å². The number of rotatable bonds is 4.